The van der Waals surface area contributed by atoms with Crippen LogP contribution in [0.2, 0.25) is 0 Å². The summed E-state index contributed by atoms with van der Waals surface area (Å²) in [4.78, 5) is 57.0. The molecule has 39 heavy (non-hydrogen) atoms. The lowest BCUT2D eigenvalue weighted by Crippen LogP contribution is -2.51. The third-order valence-corrected chi connectivity index (χ3v) is 8.48. The Hall–Kier alpha value is -4.20. The first-order valence-corrected chi connectivity index (χ1v) is 13.4. The van der Waals surface area contributed by atoms with E-state index in [2.05, 4.69) is 15.9 Å². The number of carbonyl (C=O) groups excluding carboxylic acids is 4. The summed E-state index contributed by atoms with van der Waals surface area (Å²) >= 11 is 3.41. The number of benzene rings is 4. The van der Waals surface area contributed by atoms with Crippen molar-refractivity contribution >= 4 is 45.0 Å². The molecule has 2 aliphatic heterocycles. The summed E-state index contributed by atoms with van der Waals surface area (Å²) in [6, 6.07) is 30.5. The van der Waals surface area contributed by atoms with Gasteiger partial charge in [-0.05, 0) is 41.0 Å². The molecule has 6 nitrogen and oxygen atoms in total. The molecule has 0 N–H and O–H groups in total. The standard InChI is InChI=1S/C32H20BrNO5/c33-21-14-10-20(11-15-21)27-25-26(32(39-27)28(35)23-8-4-5-9-24(23)29(32)36)31(38)34(30(25)37)22-16-12-19(13-17-22)18-6-2-1-3-7-18/h1-17,25-27H/t25-,26+,27-/m1/s1. The number of rotatable bonds is 3. The molecule has 7 rings (SSSR count). The highest BCUT2D eigenvalue weighted by Crippen LogP contribution is 2.57. The minimum absolute atomic E-state index is 0.212. The van der Waals surface area contributed by atoms with Crippen molar-refractivity contribution in [3.8, 4) is 11.1 Å². The number of hydrogen-bond acceptors (Lipinski definition) is 5. The number of amides is 2. The molecule has 2 saturated heterocycles. The molecule has 7 heteroatoms. The molecule has 0 radical (unpaired) electrons. The molecule has 190 valence electrons. The van der Waals surface area contributed by atoms with Crippen molar-refractivity contribution in [1.29, 1.82) is 0 Å². The minimum atomic E-state index is -2.09. The van der Waals surface area contributed by atoms with Crippen molar-refractivity contribution < 1.29 is 23.9 Å². The number of ether oxygens (including phenoxy) is 1. The van der Waals surface area contributed by atoms with Gasteiger partial charge in [0.25, 0.3) is 0 Å². The molecule has 3 aliphatic rings. The second-order valence-corrected chi connectivity index (χ2v) is 10.9. The fraction of sp³-hybridized carbons (Fsp3) is 0.125. The van der Waals surface area contributed by atoms with E-state index in [1.54, 1.807) is 60.7 Å². The summed E-state index contributed by atoms with van der Waals surface area (Å²) in [6.07, 6.45) is -0.949. The average Bonchev–Trinajstić information content (AvgIpc) is 3.54. The normalized spacial score (nSPS) is 23.0. The first kappa shape index (κ1) is 23.9. The zero-order valence-corrected chi connectivity index (χ0v) is 22.0. The fourth-order valence-corrected chi connectivity index (χ4v) is 6.42. The molecule has 2 fully saturated rings. The van der Waals surface area contributed by atoms with Crippen molar-refractivity contribution in [3.63, 3.8) is 0 Å². The van der Waals surface area contributed by atoms with Gasteiger partial charge in [-0.25, -0.2) is 4.90 Å². The number of nitrogens with zero attached hydrogens (tertiary/aromatic N) is 1. The van der Waals surface area contributed by atoms with Gasteiger partial charge in [0, 0.05) is 15.6 Å². The van der Waals surface area contributed by atoms with Gasteiger partial charge in [-0.1, -0.05) is 94.8 Å². The molecule has 3 atom stereocenters. The highest BCUT2D eigenvalue weighted by molar-refractivity contribution is 9.10. The number of halogens is 1. The quantitative estimate of drug-likeness (QED) is 0.227. The Morgan fingerprint density at radius 1 is 0.641 bits per heavy atom. The summed E-state index contributed by atoms with van der Waals surface area (Å²) < 4.78 is 7.15. The first-order valence-electron chi connectivity index (χ1n) is 12.6. The maximum absolute atomic E-state index is 14.1. The fourth-order valence-electron chi connectivity index (χ4n) is 6.16. The summed E-state index contributed by atoms with van der Waals surface area (Å²) in [6.45, 7) is 0. The van der Waals surface area contributed by atoms with E-state index in [4.69, 9.17) is 4.74 Å². The van der Waals surface area contributed by atoms with Crippen LogP contribution in [0, 0.1) is 11.8 Å². The van der Waals surface area contributed by atoms with Crippen molar-refractivity contribution in [2.45, 2.75) is 11.7 Å². The van der Waals surface area contributed by atoms with Gasteiger partial charge in [-0.15, -0.1) is 0 Å². The zero-order valence-electron chi connectivity index (χ0n) is 20.4. The molecular weight excluding hydrogens is 558 g/mol. The Morgan fingerprint density at radius 3 is 1.82 bits per heavy atom. The molecule has 2 amide bonds. The van der Waals surface area contributed by atoms with E-state index < -0.39 is 46.9 Å². The van der Waals surface area contributed by atoms with Crippen molar-refractivity contribution in [2.24, 2.45) is 11.8 Å². The number of hydrogen-bond donors (Lipinski definition) is 0. The van der Waals surface area contributed by atoms with Crippen LogP contribution in [0.1, 0.15) is 32.4 Å². The smallest absolute Gasteiger partial charge is 0.241 e. The van der Waals surface area contributed by atoms with E-state index in [9.17, 15) is 19.2 Å². The van der Waals surface area contributed by atoms with Gasteiger partial charge in [-0.3, -0.25) is 19.2 Å². The van der Waals surface area contributed by atoms with Crippen LogP contribution in [-0.4, -0.2) is 29.0 Å². The van der Waals surface area contributed by atoms with Crippen LogP contribution < -0.4 is 4.90 Å². The van der Waals surface area contributed by atoms with E-state index in [0.29, 0.717) is 11.3 Å². The Balaban J connectivity index is 1.34. The van der Waals surface area contributed by atoms with E-state index in [0.717, 1.165) is 20.5 Å². The van der Waals surface area contributed by atoms with E-state index in [-0.39, 0.29) is 11.1 Å². The highest BCUT2D eigenvalue weighted by Gasteiger charge is 2.74. The average molecular weight is 578 g/mol. The highest BCUT2D eigenvalue weighted by atomic mass is 79.9. The predicted octanol–water partition coefficient (Wildman–Crippen LogP) is 5.81. The lowest BCUT2D eigenvalue weighted by Gasteiger charge is -2.27. The summed E-state index contributed by atoms with van der Waals surface area (Å²) in [5.74, 6) is -4.54. The zero-order chi connectivity index (χ0) is 26.9. The number of ketones is 2. The van der Waals surface area contributed by atoms with Gasteiger partial charge >= 0.3 is 0 Å². The van der Waals surface area contributed by atoms with Gasteiger partial charge in [0.05, 0.1) is 23.6 Å². The van der Waals surface area contributed by atoms with Crippen LogP contribution in [0.25, 0.3) is 11.1 Å². The van der Waals surface area contributed by atoms with Crippen LogP contribution in [0.3, 0.4) is 0 Å². The van der Waals surface area contributed by atoms with Gasteiger partial charge in [-0.2, -0.15) is 0 Å². The molecule has 4 aromatic carbocycles. The van der Waals surface area contributed by atoms with Crippen molar-refractivity contribution in [1.82, 2.24) is 0 Å². The third-order valence-electron chi connectivity index (χ3n) is 7.95. The Kier molecular flexibility index (Phi) is 5.30. The van der Waals surface area contributed by atoms with E-state index in [1.165, 1.54) is 0 Å². The summed E-state index contributed by atoms with van der Waals surface area (Å²) in [7, 11) is 0. The SMILES string of the molecule is O=C1[C@H]2[C@@H](c3ccc(Br)cc3)OC3(C(=O)c4ccccc4C3=O)[C@@H]2C(=O)N1c1ccc(-c2ccccc2)cc1. The summed E-state index contributed by atoms with van der Waals surface area (Å²) in [5.41, 5.74) is 1.28. The van der Waals surface area contributed by atoms with Crippen LogP contribution in [0.4, 0.5) is 5.69 Å². The third kappa shape index (κ3) is 3.30. The number of Topliss-reactive ketones (excluding diaryl/α,β-unsaturated/α-hetero) is 2. The van der Waals surface area contributed by atoms with Crippen molar-refractivity contribution in [2.75, 3.05) is 4.90 Å². The van der Waals surface area contributed by atoms with Gasteiger partial charge in [0.15, 0.2) is 0 Å². The Bertz CT molecular complexity index is 1650. The lowest BCUT2D eigenvalue weighted by molar-refractivity contribution is -0.127. The molecule has 4 aromatic rings. The van der Waals surface area contributed by atoms with Crippen LogP contribution in [-0.2, 0) is 14.3 Å². The molecule has 0 saturated carbocycles. The number of fused-ring (bicyclic) bond motifs is 3. The van der Waals surface area contributed by atoms with E-state index >= 15 is 0 Å². The monoisotopic (exact) mass is 577 g/mol. The molecule has 1 aliphatic carbocycles. The molecular formula is C32H20BrNO5. The van der Waals surface area contributed by atoms with Crippen LogP contribution in [0.5, 0.6) is 0 Å². The lowest BCUT2D eigenvalue weighted by atomic mass is 9.77. The molecule has 0 unspecified atom stereocenters. The predicted molar refractivity (Wildman–Crippen MR) is 147 cm³/mol. The second-order valence-electron chi connectivity index (χ2n) is 9.96. The topological polar surface area (TPSA) is 80.8 Å². The largest absolute Gasteiger partial charge is 0.349 e. The van der Waals surface area contributed by atoms with Gasteiger partial charge in [0.2, 0.25) is 29.0 Å². The Labute approximate surface area is 232 Å². The molecule has 0 bridgehead atoms. The van der Waals surface area contributed by atoms with Gasteiger partial charge in [0.1, 0.15) is 0 Å². The maximum Gasteiger partial charge on any atom is 0.241 e. The molecule has 1 spiro atoms. The second kappa shape index (κ2) is 8.66. The maximum atomic E-state index is 14.1. The number of imide groups is 1. The van der Waals surface area contributed by atoms with E-state index in [1.807, 2.05) is 42.5 Å². The van der Waals surface area contributed by atoms with Crippen molar-refractivity contribution in [3.05, 3.63) is 124 Å². The summed E-state index contributed by atoms with van der Waals surface area (Å²) in [5, 5.41) is 0. The first-order chi connectivity index (χ1) is 18.9. The molecule has 0 aromatic heterocycles. The number of carbonyl (C=O) groups is 4. The van der Waals surface area contributed by atoms with Crippen LogP contribution >= 0.6 is 15.9 Å². The number of anilines is 1. The molecule has 2 heterocycles. The van der Waals surface area contributed by atoms with Crippen LogP contribution in [0.15, 0.2) is 108 Å². The Morgan fingerprint density at radius 2 is 1.21 bits per heavy atom. The minimum Gasteiger partial charge on any atom is -0.349 e. The van der Waals surface area contributed by atoms with Gasteiger partial charge < -0.3 is 4.74 Å².